The number of hydrogen-bond donors (Lipinski definition) is 2. The molecule has 0 spiro atoms. The summed E-state index contributed by atoms with van der Waals surface area (Å²) in [6.07, 6.45) is 4.15. The smallest absolute Gasteiger partial charge is 0.340 e. The molecule has 0 aromatic carbocycles. The summed E-state index contributed by atoms with van der Waals surface area (Å²) in [5.74, 6) is 0.00140. The second kappa shape index (κ2) is 6.05. The van der Waals surface area contributed by atoms with Crippen molar-refractivity contribution < 1.29 is 9.53 Å². The third-order valence-corrected chi connectivity index (χ3v) is 2.84. The number of nitrogen functional groups attached to an aromatic ring is 1. The molecule has 0 aliphatic heterocycles. The van der Waals surface area contributed by atoms with Crippen molar-refractivity contribution in [2.45, 2.75) is 6.42 Å². The van der Waals surface area contributed by atoms with E-state index in [1.54, 1.807) is 4.68 Å². The fourth-order valence-electron chi connectivity index (χ4n) is 1.81. The zero-order chi connectivity index (χ0) is 14.5. The number of pyridine rings is 1. The van der Waals surface area contributed by atoms with Crippen LogP contribution in [0.15, 0.2) is 24.5 Å². The fraction of sp³-hybridized carbons (Fsp3) is 0.308. The number of anilines is 2. The lowest BCUT2D eigenvalue weighted by Crippen LogP contribution is -2.12. The molecular formula is C13H17N5O2. The highest BCUT2D eigenvalue weighted by Gasteiger charge is 2.13. The van der Waals surface area contributed by atoms with Crippen LogP contribution in [0.25, 0.3) is 0 Å². The van der Waals surface area contributed by atoms with Crippen molar-refractivity contribution >= 4 is 17.5 Å². The lowest BCUT2D eigenvalue weighted by atomic mass is 10.2. The van der Waals surface area contributed by atoms with Gasteiger partial charge in [-0.3, -0.25) is 4.68 Å². The van der Waals surface area contributed by atoms with Crippen molar-refractivity contribution in [3.05, 3.63) is 35.8 Å². The number of esters is 1. The number of carbonyl (C=O) groups is 1. The molecule has 0 bridgehead atoms. The monoisotopic (exact) mass is 275 g/mol. The number of ether oxygens (including phenoxy) is 1. The Morgan fingerprint density at radius 1 is 1.50 bits per heavy atom. The third-order valence-electron chi connectivity index (χ3n) is 2.84. The fourth-order valence-corrected chi connectivity index (χ4v) is 1.81. The van der Waals surface area contributed by atoms with Crippen molar-refractivity contribution in [1.29, 1.82) is 0 Å². The summed E-state index contributed by atoms with van der Waals surface area (Å²) >= 11 is 0. The SMILES string of the molecule is COC(=O)c1ccnc(NCCc2ccn(C)n2)c1N. The number of nitrogens with two attached hydrogens (primary N) is 1. The van der Waals surface area contributed by atoms with Crippen LogP contribution in [-0.4, -0.2) is 34.4 Å². The number of methoxy groups -OCH3 is 1. The average molecular weight is 275 g/mol. The van der Waals surface area contributed by atoms with Crippen LogP contribution in [0.2, 0.25) is 0 Å². The minimum Gasteiger partial charge on any atom is -0.465 e. The molecular weight excluding hydrogens is 258 g/mol. The van der Waals surface area contributed by atoms with Gasteiger partial charge in [-0.15, -0.1) is 0 Å². The number of hydrogen-bond acceptors (Lipinski definition) is 6. The van der Waals surface area contributed by atoms with E-state index in [4.69, 9.17) is 5.73 Å². The molecule has 0 saturated carbocycles. The predicted molar refractivity (Wildman–Crippen MR) is 75.4 cm³/mol. The first-order valence-electron chi connectivity index (χ1n) is 6.17. The van der Waals surface area contributed by atoms with Gasteiger partial charge in [-0.1, -0.05) is 0 Å². The maximum atomic E-state index is 11.5. The first-order chi connectivity index (χ1) is 9.61. The number of nitrogens with one attached hydrogen (secondary N) is 1. The summed E-state index contributed by atoms with van der Waals surface area (Å²) in [7, 11) is 3.19. The third kappa shape index (κ3) is 3.05. The Bertz CT molecular complexity index is 609. The Labute approximate surface area is 116 Å². The van der Waals surface area contributed by atoms with Crippen LogP contribution in [0.1, 0.15) is 16.1 Å². The Balaban J connectivity index is 2.01. The summed E-state index contributed by atoms with van der Waals surface area (Å²) in [5.41, 5.74) is 7.47. The molecule has 20 heavy (non-hydrogen) atoms. The summed E-state index contributed by atoms with van der Waals surface area (Å²) in [6, 6.07) is 3.48. The molecule has 2 aromatic rings. The van der Waals surface area contributed by atoms with Crippen LogP contribution in [0.4, 0.5) is 11.5 Å². The molecule has 2 heterocycles. The largest absolute Gasteiger partial charge is 0.465 e. The normalized spacial score (nSPS) is 10.3. The number of aryl methyl sites for hydroxylation is 1. The number of carbonyl (C=O) groups excluding carboxylic acids is 1. The standard InChI is InChI=1S/C13H17N5O2/c1-18-8-5-9(17-18)3-6-15-12-11(14)10(4-7-16-12)13(19)20-2/h4-5,7-8H,3,6,14H2,1-2H3,(H,15,16). The molecule has 0 amide bonds. The lowest BCUT2D eigenvalue weighted by molar-refractivity contribution is 0.0602. The summed E-state index contributed by atoms with van der Waals surface area (Å²) in [6.45, 7) is 0.624. The molecule has 0 fully saturated rings. The van der Waals surface area contributed by atoms with Gasteiger partial charge in [0, 0.05) is 32.4 Å². The van der Waals surface area contributed by atoms with E-state index in [-0.39, 0.29) is 0 Å². The molecule has 0 saturated heterocycles. The molecule has 0 unspecified atom stereocenters. The van der Waals surface area contributed by atoms with Crippen LogP contribution >= 0.6 is 0 Å². The van der Waals surface area contributed by atoms with Gasteiger partial charge in [0.2, 0.25) is 0 Å². The van der Waals surface area contributed by atoms with Gasteiger partial charge < -0.3 is 15.8 Å². The number of nitrogens with zero attached hydrogens (tertiary/aromatic N) is 3. The highest BCUT2D eigenvalue weighted by Crippen LogP contribution is 2.20. The molecule has 3 N–H and O–H groups in total. The molecule has 0 radical (unpaired) electrons. The van der Waals surface area contributed by atoms with Crippen LogP contribution in [-0.2, 0) is 18.2 Å². The number of aromatic nitrogens is 3. The van der Waals surface area contributed by atoms with E-state index in [0.29, 0.717) is 23.6 Å². The molecule has 7 heteroatoms. The number of rotatable bonds is 5. The molecule has 106 valence electrons. The van der Waals surface area contributed by atoms with Gasteiger partial charge >= 0.3 is 5.97 Å². The van der Waals surface area contributed by atoms with Gasteiger partial charge in [0.15, 0.2) is 0 Å². The Morgan fingerprint density at radius 2 is 2.30 bits per heavy atom. The zero-order valence-corrected chi connectivity index (χ0v) is 11.5. The lowest BCUT2D eigenvalue weighted by Gasteiger charge is -2.10. The maximum Gasteiger partial charge on any atom is 0.340 e. The van der Waals surface area contributed by atoms with E-state index < -0.39 is 5.97 Å². The molecule has 2 rings (SSSR count). The highest BCUT2D eigenvalue weighted by atomic mass is 16.5. The first-order valence-corrected chi connectivity index (χ1v) is 6.17. The van der Waals surface area contributed by atoms with Crippen molar-refractivity contribution in [3.63, 3.8) is 0 Å². The molecule has 7 nitrogen and oxygen atoms in total. The van der Waals surface area contributed by atoms with Crippen LogP contribution in [0, 0.1) is 0 Å². The second-order valence-electron chi connectivity index (χ2n) is 4.27. The van der Waals surface area contributed by atoms with Gasteiger partial charge in [0.1, 0.15) is 5.82 Å². The molecule has 2 aromatic heterocycles. The van der Waals surface area contributed by atoms with E-state index in [1.165, 1.54) is 19.4 Å². The van der Waals surface area contributed by atoms with E-state index in [9.17, 15) is 4.79 Å². The van der Waals surface area contributed by atoms with E-state index in [1.807, 2.05) is 19.3 Å². The molecule has 0 aliphatic carbocycles. The van der Waals surface area contributed by atoms with Gasteiger partial charge in [0.05, 0.1) is 24.1 Å². The Morgan fingerprint density at radius 3 is 2.95 bits per heavy atom. The summed E-state index contributed by atoms with van der Waals surface area (Å²) < 4.78 is 6.41. The van der Waals surface area contributed by atoms with Crippen LogP contribution in [0.5, 0.6) is 0 Å². The highest BCUT2D eigenvalue weighted by molar-refractivity contribution is 5.97. The van der Waals surface area contributed by atoms with Gasteiger partial charge in [-0.2, -0.15) is 5.10 Å². The van der Waals surface area contributed by atoms with E-state index >= 15 is 0 Å². The van der Waals surface area contributed by atoms with Gasteiger partial charge in [-0.05, 0) is 12.1 Å². The maximum absolute atomic E-state index is 11.5. The van der Waals surface area contributed by atoms with E-state index in [2.05, 4.69) is 20.1 Å². The minimum absolute atomic E-state index is 0.292. The molecule has 0 atom stereocenters. The van der Waals surface area contributed by atoms with Gasteiger partial charge in [-0.25, -0.2) is 9.78 Å². The summed E-state index contributed by atoms with van der Waals surface area (Å²) in [4.78, 5) is 15.6. The zero-order valence-electron chi connectivity index (χ0n) is 11.5. The van der Waals surface area contributed by atoms with Crippen molar-refractivity contribution in [1.82, 2.24) is 14.8 Å². The summed E-state index contributed by atoms with van der Waals surface area (Å²) in [5, 5.41) is 7.37. The van der Waals surface area contributed by atoms with Crippen LogP contribution < -0.4 is 11.1 Å². The second-order valence-corrected chi connectivity index (χ2v) is 4.27. The van der Waals surface area contributed by atoms with Gasteiger partial charge in [0.25, 0.3) is 0 Å². The average Bonchev–Trinajstić information content (AvgIpc) is 2.85. The van der Waals surface area contributed by atoms with Crippen molar-refractivity contribution in [2.24, 2.45) is 7.05 Å². The van der Waals surface area contributed by atoms with E-state index in [0.717, 1.165) is 12.1 Å². The Kier molecular flexibility index (Phi) is 4.19. The first kappa shape index (κ1) is 13.9. The minimum atomic E-state index is -0.474. The van der Waals surface area contributed by atoms with Crippen molar-refractivity contribution in [2.75, 3.05) is 24.7 Å². The quantitative estimate of drug-likeness (QED) is 0.785. The predicted octanol–water partition coefficient (Wildman–Crippen LogP) is 0.838. The Hall–Kier alpha value is -2.57. The topological polar surface area (TPSA) is 95.1 Å². The molecule has 0 aliphatic rings. The van der Waals surface area contributed by atoms with Crippen LogP contribution in [0.3, 0.4) is 0 Å². The van der Waals surface area contributed by atoms with Crippen molar-refractivity contribution in [3.8, 4) is 0 Å².